The van der Waals surface area contributed by atoms with Crippen molar-refractivity contribution >= 4 is 63.1 Å². The number of aromatic nitrogens is 1. The molecule has 0 spiro atoms. The van der Waals surface area contributed by atoms with Gasteiger partial charge in [0.2, 0.25) is 0 Å². The Morgan fingerprint density at radius 2 is 1.83 bits per heavy atom. The van der Waals surface area contributed by atoms with Crippen LogP contribution < -0.4 is 10.6 Å². The average Bonchev–Trinajstić information content (AvgIpc) is 3.54. The number of hydrogen-bond donors (Lipinski definition) is 2. The van der Waals surface area contributed by atoms with Crippen LogP contribution in [0.2, 0.25) is 10.0 Å². The molecule has 2 N–H and O–H groups in total. The molecule has 0 aliphatic carbocycles. The van der Waals surface area contributed by atoms with Crippen molar-refractivity contribution in [1.82, 2.24) is 4.98 Å². The summed E-state index contributed by atoms with van der Waals surface area (Å²) < 4.78 is 10.4. The van der Waals surface area contributed by atoms with Gasteiger partial charge in [-0.3, -0.25) is 14.9 Å². The number of ether oxygens (including phenoxy) is 1. The molecular weight excluding hydrogens is 513 g/mol. The molecule has 0 aliphatic heterocycles. The second kappa shape index (κ2) is 10.7. The van der Waals surface area contributed by atoms with E-state index in [-0.39, 0.29) is 17.0 Å². The van der Waals surface area contributed by atoms with E-state index in [4.69, 9.17) is 32.4 Å². The molecule has 11 heteroatoms. The number of carbonyl (C=O) groups is 3. The van der Waals surface area contributed by atoms with E-state index in [0.717, 1.165) is 5.56 Å². The van der Waals surface area contributed by atoms with Crippen molar-refractivity contribution in [1.29, 1.82) is 0 Å². The Bertz CT molecular complexity index is 1390. The van der Waals surface area contributed by atoms with E-state index in [0.29, 0.717) is 20.9 Å². The quantitative estimate of drug-likeness (QED) is 0.278. The van der Waals surface area contributed by atoms with E-state index < -0.39 is 23.9 Å². The zero-order valence-corrected chi connectivity index (χ0v) is 20.4. The molecule has 0 bridgehead atoms. The van der Waals surface area contributed by atoms with Crippen LogP contribution in [0.15, 0.2) is 70.7 Å². The first-order chi connectivity index (χ1) is 16.8. The lowest BCUT2D eigenvalue weighted by atomic mass is 10.1. The molecule has 0 aliphatic rings. The van der Waals surface area contributed by atoms with Crippen LogP contribution in [0.4, 0.5) is 10.8 Å². The highest BCUT2D eigenvalue weighted by atomic mass is 35.5. The van der Waals surface area contributed by atoms with E-state index in [1.165, 1.54) is 36.7 Å². The number of benzene rings is 2. The summed E-state index contributed by atoms with van der Waals surface area (Å²) in [5, 5.41) is 8.13. The Labute approximate surface area is 213 Å². The number of esters is 1. The van der Waals surface area contributed by atoms with Gasteiger partial charge in [-0.2, -0.15) is 0 Å². The fourth-order valence-electron chi connectivity index (χ4n) is 2.97. The Balaban J connectivity index is 1.39. The second-order valence-corrected chi connectivity index (χ2v) is 8.85. The largest absolute Gasteiger partial charge is 0.459 e. The zero-order valence-electron chi connectivity index (χ0n) is 18.1. The van der Waals surface area contributed by atoms with Gasteiger partial charge in [0.05, 0.1) is 33.3 Å². The summed E-state index contributed by atoms with van der Waals surface area (Å²) in [5.74, 6) is -1.78. The molecule has 0 radical (unpaired) electrons. The Kier molecular flexibility index (Phi) is 7.50. The van der Waals surface area contributed by atoms with Crippen molar-refractivity contribution in [2.45, 2.75) is 13.0 Å². The van der Waals surface area contributed by atoms with Crippen LogP contribution in [0.25, 0.3) is 11.3 Å². The van der Waals surface area contributed by atoms with E-state index >= 15 is 0 Å². The Morgan fingerprint density at radius 1 is 1.03 bits per heavy atom. The van der Waals surface area contributed by atoms with E-state index in [1.54, 1.807) is 47.8 Å². The predicted octanol–water partition coefficient (Wildman–Crippen LogP) is 6.15. The maximum Gasteiger partial charge on any atom is 0.341 e. The van der Waals surface area contributed by atoms with Crippen LogP contribution >= 0.6 is 34.5 Å². The molecule has 178 valence electrons. The molecule has 2 aromatic carbocycles. The molecule has 2 amide bonds. The first-order valence-corrected chi connectivity index (χ1v) is 11.8. The van der Waals surface area contributed by atoms with E-state index in [2.05, 4.69) is 15.6 Å². The van der Waals surface area contributed by atoms with Crippen LogP contribution in [0.5, 0.6) is 0 Å². The van der Waals surface area contributed by atoms with Gasteiger partial charge in [-0.05, 0) is 43.3 Å². The zero-order chi connectivity index (χ0) is 24.9. The minimum Gasteiger partial charge on any atom is -0.459 e. The fourth-order valence-corrected chi connectivity index (χ4v) is 3.99. The third-order valence-corrected chi connectivity index (χ3v) is 6.24. The molecule has 2 aromatic heterocycles. The van der Waals surface area contributed by atoms with Gasteiger partial charge >= 0.3 is 5.97 Å². The summed E-state index contributed by atoms with van der Waals surface area (Å²) in [5.41, 5.74) is 1.65. The molecular formula is C24H17Cl2N3O5S. The van der Waals surface area contributed by atoms with Crippen molar-refractivity contribution in [2.24, 2.45) is 0 Å². The molecule has 0 fully saturated rings. The number of furan rings is 1. The molecule has 0 unspecified atom stereocenters. The second-order valence-electron chi connectivity index (χ2n) is 7.18. The summed E-state index contributed by atoms with van der Waals surface area (Å²) in [6.07, 6.45) is 0.236. The maximum atomic E-state index is 12.7. The van der Waals surface area contributed by atoms with Crippen LogP contribution in [0.1, 0.15) is 27.8 Å². The van der Waals surface area contributed by atoms with Gasteiger partial charge in [-0.25, -0.2) is 9.78 Å². The lowest BCUT2D eigenvalue weighted by molar-refractivity contribution is -0.123. The average molecular weight is 530 g/mol. The van der Waals surface area contributed by atoms with Crippen LogP contribution in [0, 0.1) is 0 Å². The van der Waals surface area contributed by atoms with E-state index in [1.807, 2.05) is 0 Å². The van der Waals surface area contributed by atoms with Gasteiger partial charge in [0, 0.05) is 10.9 Å². The Morgan fingerprint density at radius 3 is 2.57 bits per heavy atom. The van der Waals surface area contributed by atoms with Gasteiger partial charge in [0.25, 0.3) is 11.8 Å². The standard InChI is InChI=1S/C24H17Cl2N3O5S/c1-13(21(30)29-24-28-19(12-35-24)14-8-9-16(25)17(26)11-14)34-23(32)15-5-2-3-6-18(15)27-22(31)20-7-4-10-33-20/h2-13H,1H3,(H,27,31)(H,28,29,30)/t13-/m0/s1. The molecule has 0 saturated heterocycles. The topological polar surface area (TPSA) is 111 Å². The van der Waals surface area contributed by atoms with Crippen LogP contribution in [-0.4, -0.2) is 28.9 Å². The number of carbonyl (C=O) groups excluding carboxylic acids is 3. The highest BCUT2D eigenvalue weighted by Crippen LogP contribution is 2.30. The molecule has 4 aromatic rings. The summed E-state index contributed by atoms with van der Waals surface area (Å²) >= 11 is 13.2. The Hall–Kier alpha value is -3.66. The summed E-state index contributed by atoms with van der Waals surface area (Å²) in [6.45, 7) is 1.44. The number of rotatable bonds is 7. The number of nitrogens with one attached hydrogen (secondary N) is 2. The lowest BCUT2D eigenvalue weighted by Crippen LogP contribution is -2.30. The number of nitrogens with zero attached hydrogens (tertiary/aromatic N) is 1. The number of thiazole rings is 1. The fraction of sp³-hybridized carbons (Fsp3) is 0.0833. The monoisotopic (exact) mass is 529 g/mol. The van der Waals surface area contributed by atoms with Gasteiger partial charge in [0.1, 0.15) is 0 Å². The third-order valence-electron chi connectivity index (χ3n) is 4.74. The third kappa shape index (κ3) is 5.89. The number of halogens is 2. The molecule has 2 heterocycles. The summed E-state index contributed by atoms with van der Waals surface area (Å²) in [6, 6.07) is 14.5. The lowest BCUT2D eigenvalue weighted by Gasteiger charge is -2.14. The van der Waals surface area contributed by atoms with Crippen LogP contribution in [0.3, 0.4) is 0 Å². The molecule has 35 heavy (non-hydrogen) atoms. The molecule has 1 atom stereocenters. The van der Waals surface area contributed by atoms with E-state index in [9.17, 15) is 14.4 Å². The first kappa shape index (κ1) is 24.5. The summed E-state index contributed by atoms with van der Waals surface area (Å²) in [4.78, 5) is 42.0. The number of amides is 2. The van der Waals surface area contributed by atoms with Crippen molar-refractivity contribution in [3.8, 4) is 11.3 Å². The highest BCUT2D eigenvalue weighted by Gasteiger charge is 2.23. The molecule has 0 saturated carbocycles. The molecule has 4 rings (SSSR count). The van der Waals surface area contributed by atoms with Crippen LogP contribution in [-0.2, 0) is 9.53 Å². The van der Waals surface area contributed by atoms with Gasteiger partial charge in [0.15, 0.2) is 17.0 Å². The molecule has 8 nitrogen and oxygen atoms in total. The predicted molar refractivity (Wildman–Crippen MR) is 134 cm³/mol. The number of para-hydroxylation sites is 1. The van der Waals surface area contributed by atoms with Gasteiger partial charge < -0.3 is 14.5 Å². The minimum absolute atomic E-state index is 0.0863. The number of hydrogen-bond acceptors (Lipinski definition) is 7. The SMILES string of the molecule is C[C@H](OC(=O)c1ccccc1NC(=O)c1ccco1)C(=O)Nc1nc(-c2ccc(Cl)c(Cl)c2)cs1. The summed E-state index contributed by atoms with van der Waals surface area (Å²) in [7, 11) is 0. The highest BCUT2D eigenvalue weighted by molar-refractivity contribution is 7.14. The van der Waals surface area contributed by atoms with Crippen molar-refractivity contribution in [3.05, 3.63) is 87.6 Å². The number of anilines is 2. The smallest absolute Gasteiger partial charge is 0.341 e. The normalized spacial score (nSPS) is 11.5. The minimum atomic E-state index is -1.13. The van der Waals surface area contributed by atoms with Crippen molar-refractivity contribution < 1.29 is 23.5 Å². The maximum absolute atomic E-state index is 12.7. The van der Waals surface area contributed by atoms with Crippen molar-refractivity contribution in [2.75, 3.05) is 10.6 Å². The van der Waals surface area contributed by atoms with Gasteiger partial charge in [-0.15, -0.1) is 11.3 Å². The first-order valence-electron chi connectivity index (χ1n) is 10.2. The van der Waals surface area contributed by atoms with Crippen molar-refractivity contribution in [3.63, 3.8) is 0 Å². The van der Waals surface area contributed by atoms with Gasteiger partial charge in [-0.1, -0.05) is 41.4 Å².